The number of aromatic nitrogens is 2. The molecule has 1 aromatic heterocycles. The minimum atomic E-state index is -0.345. The summed E-state index contributed by atoms with van der Waals surface area (Å²) in [6, 6.07) is 3.22. The fourth-order valence-corrected chi connectivity index (χ4v) is 3.93. The van der Waals surface area contributed by atoms with Crippen molar-refractivity contribution < 1.29 is 14.3 Å². The first-order valence-electron chi connectivity index (χ1n) is 6.96. The zero-order valence-corrected chi connectivity index (χ0v) is 15.7. The van der Waals surface area contributed by atoms with E-state index >= 15 is 0 Å². The maximum Gasteiger partial charge on any atom is 0.238 e. The number of hydrogen-bond donors (Lipinski definition) is 2. The van der Waals surface area contributed by atoms with Crippen LogP contribution in [0.3, 0.4) is 0 Å². The standard InChI is InChI=1S/C14H17ClN4O3S2/c1-4-11(23-14-19-18-13(16)24-14)12(20)17-8-5-7(15)9(21-2)6-10(8)22-3/h5-6,11H,4H2,1-3H3,(H2,16,18)(H,17,20). The Balaban J connectivity index is 2.16. The van der Waals surface area contributed by atoms with Gasteiger partial charge in [0.05, 0.1) is 30.2 Å². The number of methoxy groups -OCH3 is 2. The lowest BCUT2D eigenvalue weighted by Gasteiger charge is -2.16. The summed E-state index contributed by atoms with van der Waals surface area (Å²) in [5.74, 6) is 0.748. The Morgan fingerprint density at radius 2 is 2.08 bits per heavy atom. The van der Waals surface area contributed by atoms with Crippen molar-refractivity contribution in [1.29, 1.82) is 0 Å². The van der Waals surface area contributed by atoms with Crippen LogP contribution < -0.4 is 20.5 Å². The van der Waals surface area contributed by atoms with Gasteiger partial charge in [0.2, 0.25) is 11.0 Å². The lowest BCUT2D eigenvalue weighted by molar-refractivity contribution is -0.115. The van der Waals surface area contributed by atoms with E-state index in [4.69, 9.17) is 26.8 Å². The lowest BCUT2D eigenvalue weighted by atomic mass is 10.2. The number of carbonyl (C=O) groups excluding carboxylic acids is 1. The molecule has 1 amide bonds. The SMILES string of the molecule is CCC(Sc1nnc(N)s1)C(=O)Nc1cc(Cl)c(OC)cc1OC. The molecule has 0 aliphatic carbocycles. The number of nitrogens with zero attached hydrogens (tertiary/aromatic N) is 2. The van der Waals surface area contributed by atoms with Gasteiger partial charge in [-0.15, -0.1) is 10.2 Å². The second-order valence-corrected chi connectivity index (χ2v) is 7.46. The molecule has 3 N–H and O–H groups in total. The number of nitrogen functional groups attached to an aromatic ring is 1. The number of benzene rings is 1. The largest absolute Gasteiger partial charge is 0.495 e. The number of hydrogen-bond acceptors (Lipinski definition) is 8. The minimum Gasteiger partial charge on any atom is -0.495 e. The Kier molecular flexibility index (Phi) is 6.52. The summed E-state index contributed by atoms with van der Waals surface area (Å²) >= 11 is 8.68. The van der Waals surface area contributed by atoms with E-state index in [0.717, 1.165) is 0 Å². The third kappa shape index (κ3) is 4.43. The van der Waals surface area contributed by atoms with E-state index in [9.17, 15) is 4.79 Å². The highest BCUT2D eigenvalue weighted by Crippen LogP contribution is 2.37. The van der Waals surface area contributed by atoms with Crippen molar-refractivity contribution in [2.45, 2.75) is 22.9 Å². The molecule has 0 aliphatic rings. The Labute approximate surface area is 152 Å². The first-order chi connectivity index (χ1) is 11.5. The van der Waals surface area contributed by atoms with Crippen molar-refractivity contribution in [3.63, 3.8) is 0 Å². The molecular weight excluding hydrogens is 372 g/mol. The monoisotopic (exact) mass is 388 g/mol. The van der Waals surface area contributed by atoms with Gasteiger partial charge in [-0.3, -0.25) is 4.79 Å². The molecule has 130 valence electrons. The second kappa shape index (κ2) is 8.41. The van der Waals surface area contributed by atoms with Crippen LogP contribution in [0.1, 0.15) is 13.3 Å². The summed E-state index contributed by atoms with van der Waals surface area (Å²) in [6.45, 7) is 1.92. The van der Waals surface area contributed by atoms with Gasteiger partial charge in [-0.1, -0.05) is 41.6 Å². The smallest absolute Gasteiger partial charge is 0.238 e. The summed E-state index contributed by atoms with van der Waals surface area (Å²) in [7, 11) is 3.02. The molecule has 10 heteroatoms. The number of nitrogens with two attached hydrogens (primary N) is 1. The van der Waals surface area contributed by atoms with Gasteiger partial charge in [-0.2, -0.15) is 0 Å². The van der Waals surface area contributed by atoms with Gasteiger partial charge >= 0.3 is 0 Å². The van der Waals surface area contributed by atoms with Crippen LogP contribution >= 0.6 is 34.7 Å². The van der Waals surface area contributed by atoms with E-state index < -0.39 is 0 Å². The zero-order chi connectivity index (χ0) is 17.7. The maximum absolute atomic E-state index is 12.6. The molecule has 1 unspecified atom stereocenters. The molecular formula is C14H17ClN4O3S2. The summed E-state index contributed by atoms with van der Waals surface area (Å²) < 4.78 is 11.1. The first-order valence-corrected chi connectivity index (χ1v) is 9.03. The third-order valence-corrected chi connectivity index (χ3v) is 5.56. The number of rotatable bonds is 7. The highest BCUT2D eigenvalue weighted by molar-refractivity contribution is 8.02. The quantitative estimate of drug-likeness (QED) is 0.702. The van der Waals surface area contributed by atoms with Crippen molar-refractivity contribution in [1.82, 2.24) is 10.2 Å². The Hall–Kier alpha value is -1.71. The van der Waals surface area contributed by atoms with Gasteiger partial charge in [-0.25, -0.2) is 0 Å². The Morgan fingerprint density at radius 1 is 1.38 bits per heavy atom. The number of thioether (sulfide) groups is 1. The molecule has 0 aliphatic heterocycles. The lowest BCUT2D eigenvalue weighted by Crippen LogP contribution is -2.24. The van der Waals surface area contributed by atoms with Crippen LogP contribution in [0.5, 0.6) is 11.5 Å². The van der Waals surface area contributed by atoms with E-state index in [2.05, 4.69) is 15.5 Å². The van der Waals surface area contributed by atoms with Crippen LogP contribution in [0.25, 0.3) is 0 Å². The predicted octanol–water partition coefficient (Wildman–Crippen LogP) is 3.30. The second-order valence-electron chi connectivity index (χ2n) is 4.60. The van der Waals surface area contributed by atoms with E-state index in [1.165, 1.54) is 37.3 Å². The highest BCUT2D eigenvalue weighted by Gasteiger charge is 2.22. The molecule has 0 saturated heterocycles. The molecule has 1 aromatic carbocycles. The normalized spacial score (nSPS) is 11.8. The average Bonchev–Trinajstić information content (AvgIpc) is 2.97. The number of nitrogens with one attached hydrogen (secondary N) is 1. The van der Waals surface area contributed by atoms with E-state index in [0.29, 0.717) is 38.1 Å². The zero-order valence-electron chi connectivity index (χ0n) is 13.3. The van der Waals surface area contributed by atoms with Crippen molar-refractivity contribution in [3.05, 3.63) is 17.2 Å². The van der Waals surface area contributed by atoms with Gasteiger partial charge in [0.15, 0.2) is 4.34 Å². The predicted molar refractivity (Wildman–Crippen MR) is 97.4 cm³/mol. The van der Waals surface area contributed by atoms with E-state index in [-0.39, 0.29) is 11.2 Å². The molecule has 0 fully saturated rings. The van der Waals surface area contributed by atoms with Gasteiger partial charge in [0.25, 0.3) is 0 Å². The molecule has 0 saturated carbocycles. The fraction of sp³-hybridized carbons (Fsp3) is 0.357. The number of halogens is 1. The molecule has 24 heavy (non-hydrogen) atoms. The molecule has 2 aromatic rings. The van der Waals surface area contributed by atoms with Crippen LogP contribution in [-0.4, -0.2) is 35.6 Å². The molecule has 2 rings (SSSR count). The first kappa shape index (κ1) is 18.6. The number of ether oxygens (including phenoxy) is 2. The Bertz CT molecular complexity index is 726. The molecule has 0 spiro atoms. The van der Waals surface area contributed by atoms with Gasteiger partial charge in [0, 0.05) is 6.07 Å². The summed E-state index contributed by atoms with van der Waals surface area (Å²) in [6.07, 6.45) is 0.613. The number of amides is 1. The minimum absolute atomic E-state index is 0.184. The van der Waals surface area contributed by atoms with E-state index in [1.54, 1.807) is 12.1 Å². The number of carbonyl (C=O) groups is 1. The molecule has 0 radical (unpaired) electrons. The maximum atomic E-state index is 12.6. The average molecular weight is 389 g/mol. The van der Waals surface area contributed by atoms with Crippen molar-refractivity contribution in [3.8, 4) is 11.5 Å². The van der Waals surface area contributed by atoms with Crippen molar-refractivity contribution in [2.24, 2.45) is 0 Å². The van der Waals surface area contributed by atoms with Crippen LogP contribution in [-0.2, 0) is 4.79 Å². The third-order valence-electron chi connectivity index (χ3n) is 3.06. The Morgan fingerprint density at radius 3 is 2.62 bits per heavy atom. The molecule has 7 nitrogen and oxygen atoms in total. The fourth-order valence-electron chi connectivity index (χ4n) is 1.88. The summed E-state index contributed by atoms with van der Waals surface area (Å²) in [4.78, 5) is 12.6. The highest BCUT2D eigenvalue weighted by atomic mass is 35.5. The van der Waals surface area contributed by atoms with Crippen LogP contribution in [0.15, 0.2) is 16.5 Å². The summed E-state index contributed by atoms with van der Waals surface area (Å²) in [5.41, 5.74) is 6.04. The molecule has 0 bridgehead atoms. The molecule has 1 atom stereocenters. The van der Waals surface area contributed by atoms with Gasteiger partial charge in [0.1, 0.15) is 11.5 Å². The van der Waals surface area contributed by atoms with Crippen LogP contribution in [0.2, 0.25) is 5.02 Å². The van der Waals surface area contributed by atoms with Crippen LogP contribution in [0, 0.1) is 0 Å². The van der Waals surface area contributed by atoms with Crippen molar-refractivity contribution >= 4 is 51.4 Å². The summed E-state index contributed by atoms with van der Waals surface area (Å²) in [5, 5.41) is 10.9. The molecule has 1 heterocycles. The van der Waals surface area contributed by atoms with Gasteiger partial charge < -0.3 is 20.5 Å². The van der Waals surface area contributed by atoms with E-state index in [1.807, 2.05) is 6.92 Å². The number of anilines is 2. The van der Waals surface area contributed by atoms with Crippen LogP contribution in [0.4, 0.5) is 10.8 Å². The van der Waals surface area contributed by atoms with Gasteiger partial charge in [-0.05, 0) is 12.5 Å². The van der Waals surface area contributed by atoms with Crippen molar-refractivity contribution in [2.75, 3.05) is 25.3 Å². The topological polar surface area (TPSA) is 99.4 Å².